The Morgan fingerprint density at radius 2 is 1.95 bits per heavy atom. The smallest absolute Gasteiger partial charge is 0.394 e. The van der Waals surface area contributed by atoms with Crippen molar-refractivity contribution in [3.8, 4) is 11.8 Å². The summed E-state index contributed by atoms with van der Waals surface area (Å²) in [5.41, 5.74) is 6.02. The fourth-order valence-corrected chi connectivity index (χ4v) is 8.01. The van der Waals surface area contributed by atoms with Gasteiger partial charge < -0.3 is 34.9 Å². The van der Waals surface area contributed by atoms with Gasteiger partial charge >= 0.3 is 12.1 Å². The molecule has 11 nitrogen and oxygen atoms in total. The minimum absolute atomic E-state index is 0.0124. The second-order valence-corrected chi connectivity index (χ2v) is 17.2. The number of carbonyl (C=O) groups is 1. The summed E-state index contributed by atoms with van der Waals surface area (Å²) in [6.07, 6.45) is -4.40. The number of nitrogens with one attached hydrogen (secondary N) is 2. The van der Waals surface area contributed by atoms with Gasteiger partial charge in [0.15, 0.2) is 5.65 Å². The molecule has 44 heavy (non-hydrogen) atoms. The summed E-state index contributed by atoms with van der Waals surface area (Å²) in [6, 6.07) is 0. The fourth-order valence-electron chi connectivity index (χ4n) is 3.88. The van der Waals surface area contributed by atoms with Gasteiger partial charge in [0, 0.05) is 28.7 Å². The summed E-state index contributed by atoms with van der Waals surface area (Å²) in [5.74, 6) is 4.33. The van der Waals surface area contributed by atoms with Gasteiger partial charge in [-0.1, -0.05) is 75.8 Å². The van der Waals surface area contributed by atoms with E-state index in [9.17, 15) is 27.9 Å². The summed E-state index contributed by atoms with van der Waals surface area (Å²) < 4.78 is 55.8. The highest BCUT2D eigenvalue weighted by molar-refractivity contribution is 8.77. The van der Waals surface area contributed by atoms with Crippen molar-refractivity contribution in [3.05, 3.63) is 22.1 Å². The number of halogens is 3. The number of nitrogens with zero attached hydrogens (tertiary/aromatic N) is 2. The quantitative estimate of drug-likeness (QED) is 0.102. The lowest BCUT2D eigenvalue weighted by atomic mass is 10.2. The van der Waals surface area contributed by atoms with E-state index in [2.05, 4.69) is 42.6 Å². The summed E-state index contributed by atoms with van der Waals surface area (Å²) in [6.45, 7) is 9.32. The molecule has 246 valence electrons. The molecule has 0 aliphatic carbocycles. The van der Waals surface area contributed by atoms with Crippen LogP contribution in [-0.2, 0) is 19.0 Å². The van der Waals surface area contributed by atoms with Crippen molar-refractivity contribution in [1.82, 2.24) is 19.9 Å². The van der Waals surface area contributed by atoms with Gasteiger partial charge in [0.1, 0.15) is 30.8 Å². The normalized spacial score (nSPS) is 19.2. The number of H-pyrrole nitrogens is 1. The molecule has 0 radical (unpaired) electrons. The van der Waals surface area contributed by atoms with Gasteiger partial charge in [-0.3, -0.25) is 14.6 Å². The molecule has 3 heterocycles. The van der Waals surface area contributed by atoms with E-state index in [1.54, 1.807) is 46.2 Å². The molecule has 1 aliphatic rings. The third-order valence-electron chi connectivity index (χ3n) is 5.76. The molecule has 1 amide bonds. The Morgan fingerprint density at radius 3 is 2.61 bits per heavy atom. The number of alkyl halides is 3. The fraction of sp³-hybridized carbons (Fsp3) is 0.654. The summed E-state index contributed by atoms with van der Waals surface area (Å²) in [7, 11) is 5.80. The highest BCUT2D eigenvalue weighted by Crippen LogP contribution is 2.38. The van der Waals surface area contributed by atoms with Crippen molar-refractivity contribution in [2.24, 2.45) is 0 Å². The minimum Gasteiger partial charge on any atom is -0.394 e. The predicted octanol–water partition coefficient (Wildman–Crippen LogP) is 4.27. The van der Waals surface area contributed by atoms with Crippen LogP contribution in [0.1, 0.15) is 52.8 Å². The first kappa shape index (κ1) is 36.7. The van der Waals surface area contributed by atoms with E-state index in [4.69, 9.17) is 19.9 Å². The second-order valence-electron chi connectivity index (χ2n) is 11.2. The average molecular weight is 700 g/mol. The first-order valence-corrected chi connectivity index (χ1v) is 18.0. The van der Waals surface area contributed by atoms with Crippen molar-refractivity contribution in [2.75, 3.05) is 37.4 Å². The zero-order valence-corrected chi connectivity index (χ0v) is 28.0. The van der Waals surface area contributed by atoms with Crippen LogP contribution < -0.4 is 16.6 Å². The summed E-state index contributed by atoms with van der Waals surface area (Å²) in [4.78, 5) is 30.7. The van der Waals surface area contributed by atoms with Gasteiger partial charge in [-0.15, -0.1) is 0 Å². The number of nitrogens with two attached hydrogens (primary N) is 1. The molecule has 18 heteroatoms. The number of aromatic nitrogens is 3. The third-order valence-corrected chi connectivity index (χ3v) is 11.7. The van der Waals surface area contributed by atoms with Crippen LogP contribution in [0.5, 0.6) is 0 Å². The Hall–Kier alpha value is -1.72. The molecule has 0 saturated carbocycles. The standard InChI is InChI=1S/C26H36F3N5O6S4/c1-24(2,3)43-42-14-39-16-9-18(40-17(16)11-35)34-10-15(19-20(34)32-23(30)33-21(19)36)7-6-8-38-13-41-44-25(4,5)12-31-22(37)26(27,28)29/h10,16-18,35H,8-9,11-14H2,1-5H3,(H,31,37)(H3,30,32,33,36)/t16?,17-,18-/m1/s1. The molecule has 1 saturated heterocycles. The number of carbonyl (C=O) groups excluding carboxylic acids is 1. The zero-order chi connectivity index (χ0) is 32.7. The number of hydrogen-bond acceptors (Lipinski definition) is 12. The topological polar surface area (TPSA) is 154 Å². The van der Waals surface area contributed by atoms with Gasteiger partial charge in [0.25, 0.3) is 5.56 Å². The molecule has 3 atom stereocenters. The van der Waals surface area contributed by atoms with Crippen molar-refractivity contribution in [2.45, 2.75) is 75.1 Å². The number of amides is 1. The number of nitrogen functional groups attached to an aromatic ring is 1. The molecule has 0 bridgehead atoms. The Labute approximate surface area is 268 Å². The Kier molecular flexibility index (Phi) is 13.1. The maximum absolute atomic E-state index is 12.8. The van der Waals surface area contributed by atoms with Crippen LogP contribution >= 0.6 is 43.2 Å². The highest BCUT2D eigenvalue weighted by atomic mass is 33.1. The number of hydrogen-bond donors (Lipinski definition) is 4. The van der Waals surface area contributed by atoms with Gasteiger partial charge in [-0.2, -0.15) is 18.2 Å². The van der Waals surface area contributed by atoms with Crippen LogP contribution in [0.4, 0.5) is 19.1 Å². The molecule has 1 unspecified atom stereocenters. The maximum Gasteiger partial charge on any atom is 0.471 e. The molecule has 2 aromatic rings. The number of aliphatic hydroxyl groups excluding tert-OH is 1. The SMILES string of the molecule is CC(C)(C)SSCOC1C[C@H](n2cc(C#CCOCSSC(C)(C)CNC(=O)C(F)(F)F)c3c(=O)[nH]c(N)nc32)O[C@@H]1CO. The zero-order valence-electron chi connectivity index (χ0n) is 24.8. The van der Waals surface area contributed by atoms with Crippen molar-refractivity contribution in [3.63, 3.8) is 0 Å². The molecule has 3 rings (SSSR count). The maximum atomic E-state index is 12.8. The molecule has 0 aromatic carbocycles. The van der Waals surface area contributed by atoms with E-state index in [-0.39, 0.29) is 53.5 Å². The van der Waals surface area contributed by atoms with E-state index >= 15 is 0 Å². The number of rotatable bonds is 13. The number of aromatic amines is 1. The Bertz CT molecular complexity index is 1400. The van der Waals surface area contributed by atoms with Crippen molar-refractivity contribution >= 4 is 66.1 Å². The van der Waals surface area contributed by atoms with E-state index in [1.807, 2.05) is 5.32 Å². The average Bonchev–Trinajstić information content (AvgIpc) is 3.49. The van der Waals surface area contributed by atoms with Gasteiger partial charge in [0.2, 0.25) is 5.95 Å². The van der Waals surface area contributed by atoms with Crippen LogP contribution in [0.2, 0.25) is 0 Å². The van der Waals surface area contributed by atoms with E-state index in [0.29, 0.717) is 17.9 Å². The monoisotopic (exact) mass is 699 g/mol. The lowest BCUT2D eigenvalue weighted by Gasteiger charge is -2.23. The third kappa shape index (κ3) is 11.0. The molecule has 5 N–H and O–H groups in total. The summed E-state index contributed by atoms with van der Waals surface area (Å²) >= 11 is 0. The second kappa shape index (κ2) is 15.7. The van der Waals surface area contributed by atoms with Crippen LogP contribution in [0.25, 0.3) is 11.0 Å². The molecule has 0 spiro atoms. The largest absolute Gasteiger partial charge is 0.471 e. The van der Waals surface area contributed by atoms with Gasteiger partial charge in [-0.25, -0.2) is 0 Å². The van der Waals surface area contributed by atoms with E-state index < -0.39 is 34.7 Å². The number of ether oxygens (including phenoxy) is 3. The Morgan fingerprint density at radius 1 is 1.25 bits per heavy atom. The number of aliphatic hydroxyl groups is 1. The van der Waals surface area contributed by atoms with Gasteiger partial charge in [0.05, 0.1) is 23.7 Å². The van der Waals surface area contributed by atoms with Gasteiger partial charge in [-0.05, 0) is 13.8 Å². The predicted molar refractivity (Wildman–Crippen MR) is 171 cm³/mol. The number of fused-ring (bicyclic) bond motifs is 1. The van der Waals surface area contributed by atoms with Crippen LogP contribution in [0, 0.1) is 11.8 Å². The first-order valence-electron chi connectivity index (χ1n) is 13.3. The van der Waals surface area contributed by atoms with Crippen LogP contribution in [0.3, 0.4) is 0 Å². The molecular formula is C26H36F3N5O6S4. The Balaban J connectivity index is 1.61. The highest BCUT2D eigenvalue weighted by Gasteiger charge is 2.39. The van der Waals surface area contributed by atoms with E-state index in [1.165, 1.54) is 21.6 Å². The minimum atomic E-state index is -4.93. The first-order chi connectivity index (χ1) is 20.5. The van der Waals surface area contributed by atoms with Crippen molar-refractivity contribution in [1.29, 1.82) is 0 Å². The van der Waals surface area contributed by atoms with Crippen LogP contribution in [0.15, 0.2) is 11.0 Å². The molecule has 1 aliphatic heterocycles. The molecule has 2 aromatic heterocycles. The van der Waals surface area contributed by atoms with Crippen LogP contribution in [-0.4, -0.2) is 85.1 Å². The van der Waals surface area contributed by atoms with E-state index in [0.717, 1.165) is 0 Å². The summed E-state index contributed by atoms with van der Waals surface area (Å²) in [5, 5.41) is 12.0. The van der Waals surface area contributed by atoms with Crippen molar-refractivity contribution < 1.29 is 37.3 Å². The lowest BCUT2D eigenvalue weighted by molar-refractivity contribution is -0.173. The lowest BCUT2D eigenvalue weighted by Crippen LogP contribution is -2.42. The number of anilines is 1. The molecule has 1 fully saturated rings. The molecular weight excluding hydrogens is 664 g/mol.